The Hall–Kier alpha value is -4.18. The summed E-state index contributed by atoms with van der Waals surface area (Å²) in [5.74, 6) is -2.17. The molecule has 2 saturated heterocycles. The van der Waals surface area contributed by atoms with Crippen LogP contribution in [0.5, 0.6) is 0 Å². The van der Waals surface area contributed by atoms with Crippen LogP contribution in [0.1, 0.15) is 86.1 Å². The van der Waals surface area contributed by atoms with E-state index in [2.05, 4.69) is 0 Å². The maximum atomic E-state index is 13.1. The second-order valence-electron chi connectivity index (χ2n) is 11.7. The van der Waals surface area contributed by atoms with Crippen molar-refractivity contribution in [1.82, 2.24) is 9.80 Å². The Morgan fingerprint density at radius 1 is 0.604 bits per heavy atom. The van der Waals surface area contributed by atoms with E-state index in [1.165, 1.54) is 57.6 Å². The number of thioether (sulfide) groups is 2. The molecule has 2 unspecified atom stereocenters. The fourth-order valence-corrected chi connectivity index (χ4v) is 8.79. The van der Waals surface area contributed by atoms with Gasteiger partial charge in [-0.25, -0.2) is 9.59 Å². The third-order valence-electron chi connectivity index (χ3n) is 8.46. The van der Waals surface area contributed by atoms with Crippen molar-refractivity contribution in [2.45, 2.75) is 87.0 Å². The summed E-state index contributed by atoms with van der Waals surface area (Å²) in [6.07, 6.45) is 6.94. The summed E-state index contributed by atoms with van der Waals surface area (Å²) in [6.45, 7) is 0. The number of benzene rings is 2. The van der Waals surface area contributed by atoms with Crippen LogP contribution < -0.4 is 0 Å². The Kier molecular flexibility index (Phi) is 13.2. The second-order valence-corrected chi connectivity index (χ2v) is 13.9. The van der Waals surface area contributed by atoms with Crippen molar-refractivity contribution in [3.8, 4) is 0 Å². The summed E-state index contributed by atoms with van der Waals surface area (Å²) in [5, 5.41) is 40.3. The lowest BCUT2D eigenvalue weighted by Gasteiger charge is -2.27. The predicted octanol–water partition coefficient (Wildman–Crippen LogP) is 6.16. The Bertz CT molecular complexity index is 1380. The highest BCUT2D eigenvalue weighted by Gasteiger charge is 2.43. The zero-order chi connectivity index (χ0) is 34.8. The number of carbonyl (C=O) groups is 4. The molecular formula is C32H38N4O10S2. The van der Waals surface area contributed by atoms with Gasteiger partial charge in [0.05, 0.1) is 9.85 Å². The van der Waals surface area contributed by atoms with E-state index in [0.717, 1.165) is 38.5 Å². The average Bonchev–Trinajstić information content (AvgIpc) is 3.72. The molecule has 14 nitrogen and oxygen atoms in total. The fourth-order valence-electron chi connectivity index (χ4n) is 5.91. The highest BCUT2D eigenvalue weighted by atomic mass is 32.2. The maximum Gasteiger partial charge on any atom is 0.327 e. The van der Waals surface area contributed by atoms with Gasteiger partial charge in [-0.1, -0.05) is 38.5 Å². The van der Waals surface area contributed by atoms with E-state index >= 15 is 0 Å². The van der Waals surface area contributed by atoms with Crippen molar-refractivity contribution in [3.63, 3.8) is 0 Å². The van der Waals surface area contributed by atoms with Gasteiger partial charge in [0, 0.05) is 48.6 Å². The standard InChI is InChI=1S/C32H38N4O10S2/c37-27(33-25(31(39)40)19-47-29(33)21-11-15-23(16-12-21)35(43)44)9-7-5-3-1-2-4-6-8-10-28(38)34-26(32(41)42)20-48-30(34)22-13-17-24(18-14-22)36(45)46/h11-18,25-26,29-30H,1-10,19-20H2,(H,39,40)(H,41,42)/t25-,26-,29?,30?/m0/s1. The topological polar surface area (TPSA) is 201 Å². The molecule has 2 aromatic carbocycles. The quantitative estimate of drug-likeness (QED) is 0.108. The van der Waals surface area contributed by atoms with Crippen LogP contribution in [0.4, 0.5) is 11.4 Å². The molecule has 0 aliphatic carbocycles. The first kappa shape index (κ1) is 36.7. The van der Waals surface area contributed by atoms with Crippen LogP contribution >= 0.6 is 23.5 Å². The molecule has 2 heterocycles. The van der Waals surface area contributed by atoms with Gasteiger partial charge in [-0.05, 0) is 48.2 Å². The van der Waals surface area contributed by atoms with Crippen molar-refractivity contribution in [2.24, 2.45) is 0 Å². The summed E-state index contributed by atoms with van der Waals surface area (Å²) in [7, 11) is 0. The molecule has 4 rings (SSSR count). The first-order valence-electron chi connectivity index (χ1n) is 15.8. The number of rotatable bonds is 17. The highest BCUT2D eigenvalue weighted by Crippen LogP contribution is 2.43. The number of carboxylic acid groups (broad SMARTS) is 2. The third kappa shape index (κ3) is 9.24. The number of aliphatic carboxylic acids is 2. The van der Waals surface area contributed by atoms with E-state index in [1.54, 1.807) is 24.3 Å². The number of hydrogen-bond acceptors (Lipinski definition) is 10. The number of hydrogen-bond donors (Lipinski definition) is 2. The molecule has 0 aromatic heterocycles. The summed E-state index contributed by atoms with van der Waals surface area (Å²) in [6, 6.07) is 9.75. The SMILES string of the molecule is O=C(O)[C@@H]1CSC(c2ccc([N+](=O)[O-])cc2)N1C(=O)CCCCCCCCCCC(=O)N1C(c2ccc([N+](=O)[O-])cc2)SC[C@H]1C(=O)O. The van der Waals surface area contributed by atoms with Crippen LogP contribution in [0.25, 0.3) is 0 Å². The van der Waals surface area contributed by atoms with Gasteiger partial charge in [-0.15, -0.1) is 23.5 Å². The summed E-state index contributed by atoms with van der Waals surface area (Å²) in [5.41, 5.74) is 1.14. The van der Waals surface area contributed by atoms with Crippen LogP contribution in [-0.4, -0.2) is 77.2 Å². The largest absolute Gasteiger partial charge is 0.480 e. The van der Waals surface area contributed by atoms with Gasteiger partial charge in [-0.2, -0.15) is 0 Å². The van der Waals surface area contributed by atoms with Crippen molar-refractivity contribution in [3.05, 3.63) is 79.9 Å². The molecule has 2 aromatic rings. The average molecular weight is 703 g/mol. The van der Waals surface area contributed by atoms with Crippen molar-refractivity contribution in [1.29, 1.82) is 0 Å². The fraction of sp³-hybridized carbons (Fsp3) is 0.500. The lowest BCUT2D eigenvalue weighted by atomic mass is 10.0. The number of nitrogens with zero attached hydrogens (tertiary/aromatic N) is 4. The molecule has 16 heteroatoms. The Morgan fingerprint density at radius 3 is 1.21 bits per heavy atom. The molecule has 4 atom stereocenters. The number of amides is 2. The number of carbonyl (C=O) groups excluding carboxylic acids is 2. The lowest BCUT2D eigenvalue weighted by Crippen LogP contribution is -2.42. The minimum atomic E-state index is -1.08. The van der Waals surface area contributed by atoms with Crippen LogP contribution in [0.15, 0.2) is 48.5 Å². The molecular weight excluding hydrogens is 665 g/mol. The van der Waals surface area contributed by atoms with E-state index in [-0.39, 0.29) is 47.5 Å². The van der Waals surface area contributed by atoms with Crippen LogP contribution in [0.2, 0.25) is 0 Å². The van der Waals surface area contributed by atoms with E-state index in [4.69, 9.17) is 0 Å². The Labute approximate surface area is 285 Å². The zero-order valence-corrected chi connectivity index (χ0v) is 27.8. The molecule has 2 aliphatic rings. The molecule has 0 radical (unpaired) electrons. The summed E-state index contributed by atoms with van der Waals surface area (Å²) in [4.78, 5) is 73.7. The van der Waals surface area contributed by atoms with Gasteiger partial charge in [0.15, 0.2) is 0 Å². The Morgan fingerprint density at radius 2 is 0.917 bits per heavy atom. The smallest absolute Gasteiger partial charge is 0.327 e. The van der Waals surface area contributed by atoms with E-state index in [1.807, 2.05) is 0 Å². The molecule has 2 aliphatic heterocycles. The van der Waals surface area contributed by atoms with Crippen molar-refractivity contribution in [2.75, 3.05) is 11.5 Å². The van der Waals surface area contributed by atoms with Crippen molar-refractivity contribution >= 4 is 58.7 Å². The molecule has 2 N–H and O–H groups in total. The van der Waals surface area contributed by atoms with Gasteiger partial charge < -0.3 is 20.0 Å². The van der Waals surface area contributed by atoms with Crippen LogP contribution in [-0.2, 0) is 19.2 Å². The monoisotopic (exact) mass is 702 g/mol. The molecule has 48 heavy (non-hydrogen) atoms. The summed E-state index contributed by atoms with van der Waals surface area (Å²) < 4.78 is 0. The first-order valence-corrected chi connectivity index (χ1v) is 17.9. The number of unbranched alkanes of at least 4 members (excludes halogenated alkanes) is 7. The van der Waals surface area contributed by atoms with Crippen LogP contribution in [0, 0.1) is 20.2 Å². The summed E-state index contributed by atoms with van der Waals surface area (Å²) >= 11 is 2.67. The molecule has 0 saturated carbocycles. The van der Waals surface area contributed by atoms with Gasteiger partial charge in [0.1, 0.15) is 22.8 Å². The first-order chi connectivity index (χ1) is 23.0. The predicted molar refractivity (Wildman–Crippen MR) is 179 cm³/mol. The second kappa shape index (κ2) is 17.3. The van der Waals surface area contributed by atoms with E-state index in [0.29, 0.717) is 24.0 Å². The minimum Gasteiger partial charge on any atom is -0.480 e. The molecule has 0 bridgehead atoms. The molecule has 0 spiro atoms. The maximum absolute atomic E-state index is 13.1. The van der Waals surface area contributed by atoms with E-state index in [9.17, 15) is 49.6 Å². The normalized spacial score (nSPS) is 20.5. The molecule has 2 fully saturated rings. The lowest BCUT2D eigenvalue weighted by molar-refractivity contribution is -0.385. The Balaban J connectivity index is 1.15. The number of nitro groups is 2. The van der Waals surface area contributed by atoms with Gasteiger partial charge in [0.25, 0.3) is 11.4 Å². The van der Waals surface area contributed by atoms with Gasteiger partial charge in [-0.3, -0.25) is 29.8 Å². The third-order valence-corrected chi connectivity index (χ3v) is 11.1. The molecule has 2 amide bonds. The van der Waals surface area contributed by atoms with Crippen LogP contribution in [0.3, 0.4) is 0 Å². The molecule has 258 valence electrons. The number of carboxylic acids is 2. The van der Waals surface area contributed by atoms with Gasteiger partial charge >= 0.3 is 11.9 Å². The highest BCUT2D eigenvalue weighted by molar-refractivity contribution is 8.00. The minimum absolute atomic E-state index is 0.0759. The van der Waals surface area contributed by atoms with Gasteiger partial charge in [0.2, 0.25) is 11.8 Å². The van der Waals surface area contributed by atoms with Crippen molar-refractivity contribution < 1.29 is 39.2 Å². The number of nitro benzene ring substituents is 2. The zero-order valence-electron chi connectivity index (χ0n) is 26.2. The number of non-ortho nitro benzene ring substituents is 2. The van der Waals surface area contributed by atoms with E-state index < -0.39 is 44.6 Å².